The average Bonchev–Trinajstić information content (AvgIpc) is 2.37. The third-order valence-electron chi connectivity index (χ3n) is 2.58. The lowest BCUT2D eigenvalue weighted by Crippen LogP contribution is -2.08. The lowest BCUT2D eigenvalue weighted by molar-refractivity contribution is 0.301. The second-order valence-corrected chi connectivity index (χ2v) is 5.04. The molecule has 0 aliphatic rings. The standard InChI is InChI=1S/C14H15BrN2O/c1-10(16)13-5-4-12(15)7-14(13)18-9-11-3-2-6-17-8-11/h2-8,10H,9,16H2,1H3/t10-/m1/s1. The third-order valence-corrected chi connectivity index (χ3v) is 3.08. The van der Waals surface area contributed by atoms with Crippen molar-refractivity contribution in [1.29, 1.82) is 0 Å². The molecule has 0 spiro atoms. The first-order chi connectivity index (χ1) is 8.66. The van der Waals surface area contributed by atoms with Gasteiger partial charge in [-0.25, -0.2) is 0 Å². The van der Waals surface area contributed by atoms with E-state index in [-0.39, 0.29) is 6.04 Å². The van der Waals surface area contributed by atoms with Crippen LogP contribution in [0.5, 0.6) is 5.75 Å². The molecule has 1 atom stereocenters. The van der Waals surface area contributed by atoms with Crippen LogP contribution < -0.4 is 10.5 Å². The largest absolute Gasteiger partial charge is 0.488 e. The van der Waals surface area contributed by atoms with Crippen LogP contribution in [0.2, 0.25) is 0 Å². The molecule has 1 aromatic heterocycles. The van der Waals surface area contributed by atoms with Gasteiger partial charge in [0.1, 0.15) is 12.4 Å². The molecule has 0 unspecified atom stereocenters. The summed E-state index contributed by atoms with van der Waals surface area (Å²) in [5, 5.41) is 0. The number of hydrogen-bond donors (Lipinski definition) is 1. The van der Waals surface area contributed by atoms with E-state index in [1.807, 2.05) is 37.3 Å². The summed E-state index contributed by atoms with van der Waals surface area (Å²) >= 11 is 3.44. The molecule has 94 valence electrons. The predicted molar refractivity (Wildman–Crippen MR) is 75.3 cm³/mol. The molecule has 3 nitrogen and oxygen atoms in total. The average molecular weight is 307 g/mol. The summed E-state index contributed by atoms with van der Waals surface area (Å²) in [4.78, 5) is 4.06. The first-order valence-electron chi connectivity index (χ1n) is 5.73. The Labute approximate surface area is 115 Å². The van der Waals surface area contributed by atoms with Gasteiger partial charge in [0.25, 0.3) is 0 Å². The number of nitrogens with zero attached hydrogens (tertiary/aromatic N) is 1. The lowest BCUT2D eigenvalue weighted by atomic mass is 10.1. The van der Waals surface area contributed by atoms with Gasteiger partial charge in [0, 0.05) is 34.0 Å². The SMILES string of the molecule is C[C@@H](N)c1ccc(Br)cc1OCc1cccnc1. The van der Waals surface area contributed by atoms with Crippen LogP contribution in [0, 0.1) is 0 Å². The number of halogens is 1. The van der Waals surface area contributed by atoms with E-state index < -0.39 is 0 Å². The van der Waals surface area contributed by atoms with Gasteiger partial charge in [-0.15, -0.1) is 0 Å². The van der Waals surface area contributed by atoms with Crippen molar-refractivity contribution < 1.29 is 4.74 Å². The Hall–Kier alpha value is -1.39. The van der Waals surface area contributed by atoms with Gasteiger partial charge in [0.15, 0.2) is 0 Å². The van der Waals surface area contributed by atoms with Crippen molar-refractivity contribution in [3.63, 3.8) is 0 Å². The normalized spacial score (nSPS) is 12.2. The molecule has 1 heterocycles. The topological polar surface area (TPSA) is 48.1 Å². The summed E-state index contributed by atoms with van der Waals surface area (Å²) in [6.45, 7) is 2.43. The van der Waals surface area contributed by atoms with Gasteiger partial charge in [0.05, 0.1) is 0 Å². The van der Waals surface area contributed by atoms with E-state index in [1.165, 1.54) is 0 Å². The molecule has 4 heteroatoms. The Kier molecular flexibility index (Phi) is 4.33. The van der Waals surface area contributed by atoms with E-state index >= 15 is 0 Å². The molecule has 0 radical (unpaired) electrons. The van der Waals surface area contributed by atoms with Crippen molar-refractivity contribution in [3.05, 3.63) is 58.3 Å². The number of pyridine rings is 1. The molecule has 0 saturated carbocycles. The third kappa shape index (κ3) is 3.31. The molecular weight excluding hydrogens is 292 g/mol. The Morgan fingerprint density at radius 3 is 2.89 bits per heavy atom. The molecule has 2 rings (SSSR count). The number of rotatable bonds is 4. The zero-order valence-corrected chi connectivity index (χ0v) is 11.7. The van der Waals surface area contributed by atoms with Crippen LogP contribution in [0.3, 0.4) is 0 Å². The molecule has 0 saturated heterocycles. The van der Waals surface area contributed by atoms with Gasteiger partial charge in [-0.3, -0.25) is 4.98 Å². The fourth-order valence-electron chi connectivity index (χ4n) is 1.65. The maximum absolute atomic E-state index is 5.93. The lowest BCUT2D eigenvalue weighted by Gasteiger charge is -2.14. The van der Waals surface area contributed by atoms with E-state index in [9.17, 15) is 0 Å². The van der Waals surface area contributed by atoms with Crippen molar-refractivity contribution in [2.24, 2.45) is 5.73 Å². The molecule has 18 heavy (non-hydrogen) atoms. The van der Waals surface area contributed by atoms with E-state index in [0.717, 1.165) is 21.3 Å². The minimum absolute atomic E-state index is 0.0537. The summed E-state index contributed by atoms with van der Waals surface area (Å²) in [5.74, 6) is 0.809. The van der Waals surface area contributed by atoms with Gasteiger partial charge in [-0.2, -0.15) is 0 Å². The highest BCUT2D eigenvalue weighted by atomic mass is 79.9. The number of nitrogens with two attached hydrogens (primary N) is 1. The minimum Gasteiger partial charge on any atom is -0.488 e. The molecule has 0 aliphatic carbocycles. The quantitative estimate of drug-likeness (QED) is 0.941. The molecule has 1 aromatic carbocycles. The molecule has 0 amide bonds. The molecule has 0 fully saturated rings. The fraction of sp³-hybridized carbons (Fsp3) is 0.214. The number of hydrogen-bond acceptors (Lipinski definition) is 3. The Bertz CT molecular complexity index is 514. The molecule has 2 aromatic rings. The summed E-state index contributed by atoms with van der Waals surface area (Å²) in [5.41, 5.74) is 7.96. The highest BCUT2D eigenvalue weighted by Crippen LogP contribution is 2.28. The van der Waals surface area contributed by atoms with Crippen molar-refractivity contribution >= 4 is 15.9 Å². The summed E-state index contributed by atoms with van der Waals surface area (Å²) in [6.07, 6.45) is 3.54. The number of benzene rings is 1. The molecule has 2 N–H and O–H groups in total. The fourth-order valence-corrected chi connectivity index (χ4v) is 1.99. The van der Waals surface area contributed by atoms with E-state index in [4.69, 9.17) is 10.5 Å². The van der Waals surface area contributed by atoms with Crippen LogP contribution in [0.15, 0.2) is 47.2 Å². The van der Waals surface area contributed by atoms with E-state index in [1.54, 1.807) is 12.4 Å². The van der Waals surface area contributed by atoms with Gasteiger partial charge >= 0.3 is 0 Å². The molecule has 0 aliphatic heterocycles. The summed E-state index contributed by atoms with van der Waals surface area (Å²) in [6, 6.07) is 9.71. The number of aromatic nitrogens is 1. The van der Waals surface area contributed by atoms with Crippen LogP contribution in [0.1, 0.15) is 24.1 Å². The van der Waals surface area contributed by atoms with Crippen LogP contribution in [-0.2, 0) is 6.61 Å². The van der Waals surface area contributed by atoms with E-state index in [0.29, 0.717) is 6.61 Å². The van der Waals surface area contributed by atoms with Crippen LogP contribution >= 0.6 is 15.9 Å². The maximum atomic E-state index is 5.93. The van der Waals surface area contributed by atoms with Gasteiger partial charge in [0.2, 0.25) is 0 Å². The first kappa shape index (κ1) is 13.1. The minimum atomic E-state index is -0.0537. The zero-order valence-electron chi connectivity index (χ0n) is 10.1. The predicted octanol–water partition coefficient (Wildman–Crippen LogP) is 3.44. The van der Waals surface area contributed by atoms with Gasteiger partial charge in [-0.1, -0.05) is 28.1 Å². The van der Waals surface area contributed by atoms with Crippen LogP contribution in [0.25, 0.3) is 0 Å². The van der Waals surface area contributed by atoms with E-state index in [2.05, 4.69) is 20.9 Å². The smallest absolute Gasteiger partial charge is 0.125 e. The van der Waals surface area contributed by atoms with Gasteiger partial charge < -0.3 is 10.5 Å². The Morgan fingerprint density at radius 1 is 1.39 bits per heavy atom. The highest BCUT2D eigenvalue weighted by molar-refractivity contribution is 9.10. The van der Waals surface area contributed by atoms with Gasteiger partial charge in [-0.05, 0) is 25.1 Å². The zero-order chi connectivity index (χ0) is 13.0. The molecular formula is C14H15BrN2O. The van der Waals surface area contributed by atoms with Crippen LogP contribution in [0.4, 0.5) is 0 Å². The summed E-state index contributed by atoms with van der Waals surface area (Å²) < 4.78 is 6.80. The maximum Gasteiger partial charge on any atom is 0.125 e. The monoisotopic (exact) mass is 306 g/mol. The Balaban J connectivity index is 2.15. The highest BCUT2D eigenvalue weighted by Gasteiger charge is 2.08. The second-order valence-electron chi connectivity index (χ2n) is 4.12. The Morgan fingerprint density at radius 2 is 2.22 bits per heavy atom. The van der Waals surface area contributed by atoms with Crippen molar-refractivity contribution in [2.75, 3.05) is 0 Å². The van der Waals surface area contributed by atoms with Crippen molar-refractivity contribution in [1.82, 2.24) is 4.98 Å². The van der Waals surface area contributed by atoms with Crippen molar-refractivity contribution in [2.45, 2.75) is 19.6 Å². The molecule has 0 bridgehead atoms. The van der Waals surface area contributed by atoms with Crippen LogP contribution in [-0.4, -0.2) is 4.98 Å². The summed E-state index contributed by atoms with van der Waals surface area (Å²) in [7, 11) is 0. The van der Waals surface area contributed by atoms with Crippen molar-refractivity contribution in [3.8, 4) is 5.75 Å². The number of ether oxygens (including phenoxy) is 1. The first-order valence-corrected chi connectivity index (χ1v) is 6.53. The second kappa shape index (κ2) is 5.98.